The van der Waals surface area contributed by atoms with Gasteiger partial charge in [-0.3, -0.25) is 9.80 Å². The summed E-state index contributed by atoms with van der Waals surface area (Å²) in [5.74, 6) is 0.688. The van der Waals surface area contributed by atoms with Gasteiger partial charge in [0.25, 0.3) is 0 Å². The largest absolute Gasteiger partial charge is 0.378 e. The Hall–Kier alpha value is -1.42. The molecule has 1 atom stereocenters. The van der Waals surface area contributed by atoms with E-state index in [2.05, 4.69) is 15.3 Å². The molecule has 0 aliphatic carbocycles. The molecular weight excluding hydrogens is 429 g/mol. The molecule has 1 aromatic carbocycles. The zero-order valence-electron chi connectivity index (χ0n) is 17.0. The molecule has 3 N–H and O–H groups in total. The summed E-state index contributed by atoms with van der Waals surface area (Å²) < 4.78 is 10.8. The van der Waals surface area contributed by atoms with Gasteiger partial charge in [-0.15, -0.1) is 0 Å². The van der Waals surface area contributed by atoms with Crippen molar-refractivity contribution < 1.29 is 14.3 Å². The average Bonchev–Trinajstić information content (AvgIpc) is 3.39. The molecule has 2 aliphatic heterocycles. The minimum absolute atomic E-state index is 0.0281. The number of halogens is 2. The number of carbonyl (C=O) groups is 1. The topological polar surface area (TPSA) is 92.4 Å². The monoisotopic (exact) mass is 457 g/mol. The number of hydrazone groups is 1. The van der Waals surface area contributed by atoms with E-state index in [-0.39, 0.29) is 11.8 Å². The Labute approximate surface area is 187 Å². The van der Waals surface area contributed by atoms with E-state index < -0.39 is 0 Å². The van der Waals surface area contributed by atoms with Crippen molar-refractivity contribution in [2.24, 2.45) is 16.8 Å². The number of nitrogens with one attached hydrogen (secondary N) is 1. The molecule has 1 fully saturated rings. The molecular formula is C20H29Cl2N5O3. The average molecular weight is 458 g/mol. The fourth-order valence-electron chi connectivity index (χ4n) is 3.47. The van der Waals surface area contributed by atoms with Crippen molar-refractivity contribution in [2.75, 3.05) is 64.2 Å². The van der Waals surface area contributed by atoms with Crippen molar-refractivity contribution in [1.82, 2.24) is 10.2 Å². The highest BCUT2D eigenvalue weighted by atomic mass is 35.5. The van der Waals surface area contributed by atoms with Crippen LogP contribution in [0.1, 0.15) is 12.8 Å². The Bertz CT molecular complexity index is 749. The SMILES string of the molecule is NCCOCCOCCN1CC[C@H](C(=O)NC2=NN(c3ccc(Cl)c(Cl)c3)CC2)C1. The van der Waals surface area contributed by atoms with E-state index in [0.29, 0.717) is 61.8 Å². The molecule has 166 valence electrons. The van der Waals surface area contributed by atoms with E-state index in [1.165, 1.54) is 0 Å². The molecule has 1 saturated heterocycles. The molecule has 0 saturated carbocycles. The van der Waals surface area contributed by atoms with Gasteiger partial charge in [0.15, 0.2) is 0 Å². The molecule has 0 unspecified atom stereocenters. The summed E-state index contributed by atoms with van der Waals surface area (Å²) in [5.41, 5.74) is 6.22. The van der Waals surface area contributed by atoms with E-state index in [1.54, 1.807) is 12.1 Å². The van der Waals surface area contributed by atoms with Crippen LogP contribution in [0.3, 0.4) is 0 Å². The predicted molar refractivity (Wildman–Crippen MR) is 119 cm³/mol. The fraction of sp³-hybridized carbons (Fsp3) is 0.600. The Morgan fingerprint density at radius 2 is 1.97 bits per heavy atom. The van der Waals surface area contributed by atoms with E-state index in [4.69, 9.17) is 38.4 Å². The summed E-state index contributed by atoms with van der Waals surface area (Å²) in [7, 11) is 0. The molecule has 1 aromatic rings. The number of likely N-dealkylation sites (tertiary alicyclic amines) is 1. The molecule has 10 heteroatoms. The van der Waals surface area contributed by atoms with Crippen LogP contribution in [-0.4, -0.2) is 75.8 Å². The van der Waals surface area contributed by atoms with Crippen LogP contribution < -0.4 is 16.1 Å². The van der Waals surface area contributed by atoms with Gasteiger partial charge in [-0.2, -0.15) is 5.10 Å². The Morgan fingerprint density at radius 1 is 1.17 bits per heavy atom. The number of hydrogen-bond donors (Lipinski definition) is 2. The third kappa shape index (κ3) is 6.80. The summed E-state index contributed by atoms with van der Waals surface area (Å²) in [6.45, 7) is 5.97. The Balaban J connectivity index is 1.37. The number of ether oxygens (including phenoxy) is 2. The lowest BCUT2D eigenvalue weighted by molar-refractivity contribution is -0.123. The first kappa shape index (κ1) is 23.2. The molecule has 0 radical (unpaired) electrons. The van der Waals surface area contributed by atoms with Gasteiger partial charge in [-0.1, -0.05) is 23.2 Å². The summed E-state index contributed by atoms with van der Waals surface area (Å²) in [5, 5.41) is 10.3. The van der Waals surface area contributed by atoms with E-state index >= 15 is 0 Å². The molecule has 2 heterocycles. The normalized spacial score (nSPS) is 19.4. The lowest BCUT2D eigenvalue weighted by Crippen LogP contribution is -2.36. The number of nitrogens with zero attached hydrogens (tertiary/aromatic N) is 3. The van der Waals surface area contributed by atoms with Crippen LogP contribution in [0.4, 0.5) is 5.69 Å². The number of nitrogens with two attached hydrogens (primary N) is 1. The number of benzene rings is 1. The van der Waals surface area contributed by atoms with Crippen LogP contribution in [0, 0.1) is 5.92 Å². The maximum absolute atomic E-state index is 12.6. The molecule has 30 heavy (non-hydrogen) atoms. The second-order valence-corrected chi connectivity index (χ2v) is 8.12. The fourth-order valence-corrected chi connectivity index (χ4v) is 3.76. The second kappa shape index (κ2) is 11.8. The highest BCUT2D eigenvalue weighted by Crippen LogP contribution is 2.28. The number of rotatable bonds is 10. The highest BCUT2D eigenvalue weighted by molar-refractivity contribution is 6.42. The van der Waals surface area contributed by atoms with Crippen LogP contribution in [0.2, 0.25) is 10.0 Å². The molecule has 0 bridgehead atoms. The number of carbonyl (C=O) groups excluding carboxylic acids is 1. The van der Waals surface area contributed by atoms with Gasteiger partial charge in [-0.25, -0.2) is 0 Å². The van der Waals surface area contributed by atoms with Crippen molar-refractivity contribution in [1.29, 1.82) is 0 Å². The van der Waals surface area contributed by atoms with Crippen molar-refractivity contribution in [3.63, 3.8) is 0 Å². The van der Waals surface area contributed by atoms with Gasteiger partial charge in [0.1, 0.15) is 5.84 Å². The van der Waals surface area contributed by atoms with Gasteiger partial charge in [0.05, 0.1) is 48.1 Å². The second-order valence-electron chi connectivity index (χ2n) is 7.31. The minimum atomic E-state index is -0.0281. The van der Waals surface area contributed by atoms with Crippen LogP contribution in [0.15, 0.2) is 23.3 Å². The lowest BCUT2D eigenvalue weighted by Gasteiger charge is -2.16. The first-order valence-corrected chi connectivity index (χ1v) is 11.0. The number of amidine groups is 1. The third-order valence-electron chi connectivity index (χ3n) is 5.10. The molecule has 8 nitrogen and oxygen atoms in total. The van der Waals surface area contributed by atoms with Gasteiger partial charge >= 0.3 is 0 Å². The van der Waals surface area contributed by atoms with E-state index in [0.717, 1.165) is 31.7 Å². The number of anilines is 1. The predicted octanol–water partition coefficient (Wildman–Crippen LogP) is 1.95. The lowest BCUT2D eigenvalue weighted by atomic mass is 10.1. The van der Waals surface area contributed by atoms with Gasteiger partial charge in [0, 0.05) is 32.6 Å². The quantitative estimate of drug-likeness (QED) is 0.521. The maximum Gasteiger partial charge on any atom is 0.229 e. The molecule has 2 aliphatic rings. The van der Waals surface area contributed by atoms with Crippen LogP contribution >= 0.6 is 23.2 Å². The van der Waals surface area contributed by atoms with Crippen molar-refractivity contribution in [2.45, 2.75) is 12.8 Å². The molecule has 3 rings (SSSR count). The smallest absolute Gasteiger partial charge is 0.229 e. The minimum Gasteiger partial charge on any atom is -0.378 e. The summed E-state index contributed by atoms with van der Waals surface area (Å²) >= 11 is 12.1. The Kier molecular flexibility index (Phi) is 9.17. The zero-order valence-corrected chi connectivity index (χ0v) is 18.5. The van der Waals surface area contributed by atoms with Gasteiger partial charge in [0.2, 0.25) is 5.91 Å². The maximum atomic E-state index is 12.6. The zero-order chi connectivity index (χ0) is 21.3. The number of hydrogen-bond acceptors (Lipinski definition) is 7. The first-order chi connectivity index (χ1) is 14.6. The third-order valence-corrected chi connectivity index (χ3v) is 5.84. The van der Waals surface area contributed by atoms with Crippen molar-refractivity contribution >= 4 is 40.6 Å². The highest BCUT2D eigenvalue weighted by Gasteiger charge is 2.29. The number of amides is 1. The van der Waals surface area contributed by atoms with Gasteiger partial charge < -0.3 is 25.4 Å². The summed E-state index contributed by atoms with van der Waals surface area (Å²) in [6.07, 6.45) is 1.53. The molecule has 0 spiro atoms. The van der Waals surface area contributed by atoms with Crippen LogP contribution in [0.5, 0.6) is 0 Å². The summed E-state index contributed by atoms with van der Waals surface area (Å²) in [4.78, 5) is 14.9. The standard InChI is InChI=1S/C20H29Cl2N5O3/c21-17-2-1-16(13-18(17)22)27-7-4-19(25-27)24-20(28)15-3-6-26(14-15)8-10-30-12-11-29-9-5-23/h1-2,13,15H,3-12,14,23H2,(H,24,25,28)/t15-/m0/s1. The van der Waals surface area contributed by atoms with E-state index in [9.17, 15) is 4.79 Å². The van der Waals surface area contributed by atoms with Crippen molar-refractivity contribution in [3.8, 4) is 0 Å². The Morgan fingerprint density at radius 3 is 2.73 bits per heavy atom. The molecule has 0 aromatic heterocycles. The van der Waals surface area contributed by atoms with E-state index in [1.807, 2.05) is 11.1 Å². The molecule has 1 amide bonds. The summed E-state index contributed by atoms with van der Waals surface area (Å²) in [6, 6.07) is 5.39. The van der Waals surface area contributed by atoms with Crippen LogP contribution in [-0.2, 0) is 14.3 Å². The van der Waals surface area contributed by atoms with Crippen molar-refractivity contribution in [3.05, 3.63) is 28.2 Å². The first-order valence-electron chi connectivity index (χ1n) is 10.3. The van der Waals surface area contributed by atoms with Gasteiger partial charge in [-0.05, 0) is 31.2 Å². The van der Waals surface area contributed by atoms with Crippen LogP contribution in [0.25, 0.3) is 0 Å².